The minimum absolute atomic E-state index is 0.136. The Hall–Kier alpha value is -2.63. The number of nitrogens with zero attached hydrogens (tertiary/aromatic N) is 1. The van der Waals surface area contributed by atoms with Crippen molar-refractivity contribution in [1.29, 1.82) is 0 Å². The molecule has 2 N–H and O–H groups in total. The molecule has 0 spiro atoms. The Kier molecular flexibility index (Phi) is 3.09. The largest absolute Gasteiger partial charge is 0.478 e. The van der Waals surface area contributed by atoms with Crippen LogP contribution in [0, 0.1) is 6.92 Å². The van der Waals surface area contributed by atoms with E-state index in [9.17, 15) is 9.59 Å². The molecule has 0 fully saturated rings. The molecule has 1 aromatic heterocycles. The summed E-state index contributed by atoms with van der Waals surface area (Å²) < 4.78 is 4.94. The second kappa shape index (κ2) is 4.70. The molecule has 1 aromatic carbocycles. The van der Waals surface area contributed by atoms with Gasteiger partial charge in [-0.1, -0.05) is 0 Å². The monoisotopic (exact) mass is 246 g/mol. The van der Waals surface area contributed by atoms with Gasteiger partial charge in [-0.25, -0.2) is 9.78 Å². The number of nitrogens with one attached hydrogen (secondary N) is 1. The number of carboxylic acid groups (broad SMARTS) is 1. The maximum atomic E-state index is 11.8. The summed E-state index contributed by atoms with van der Waals surface area (Å²) in [4.78, 5) is 26.2. The number of rotatable bonds is 3. The molecule has 0 saturated heterocycles. The van der Waals surface area contributed by atoms with Crippen LogP contribution >= 0.6 is 0 Å². The van der Waals surface area contributed by atoms with Crippen LogP contribution in [0.4, 0.5) is 5.69 Å². The van der Waals surface area contributed by atoms with Gasteiger partial charge in [0.1, 0.15) is 0 Å². The van der Waals surface area contributed by atoms with Gasteiger partial charge < -0.3 is 14.8 Å². The molecule has 0 radical (unpaired) electrons. The van der Waals surface area contributed by atoms with E-state index in [0.29, 0.717) is 11.4 Å². The lowest BCUT2D eigenvalue weighted by Gasteiger charge is -2.03. The summed E-state index contributed by atoms with van der Waals surface area (Å²) in [6, 6.07) is 5.83. The second-order valence-electron chi connectivity index (χ2n) is 3.60. The summed E-state index contributed by atoms with van der Waals surface area (Å²) in [5.74, 6) is -1.30. The van der Waals surface area contributed by atoms with Crippen molar-refractivity contribution in [3.05, 3.63) is 47.7 Å². The van der Waals surface area contributed by atoms with E-state index in [0.717, 1.165) is 0 Å². The highest BCUT2D eigenvalue weighted by molar-refractivity contribution is 6.03. The first-order chi connectivity index (χ1) is 8.58. The topological polar surface area (TPSA) is 92.4 Å². The molecule has 0 unspecified atom stereocenters. The highest BCUT2D eigenvalue weighted by Crippen LogP contribution is 2.12. The molecule has 2 aromatic rings. The standard InChI is InChI=1S/C12H10N2O4/c1-7-10(18-6-13-7)11(15)14-9-4-2-8(3-5-9)12(16)17/h2-6H,1H3,(H,14,15)(H,16,17). The number of carboxylic acids is 1. The van der Waals surface area contributed by atoms with Crippen molar-refractivity contribution in [3.63, 3.8) is 0 Å². The molecule has 0 aliphatic rings. The van der Waals surface area contributed by atoms with Crippen molar-refractivity contribution in [2.75, 3.05) is 5.32 Å². The van der Waals surface area contributed by atoms with E-state index in [1.807, 2.05) is 0 Å². The zero-order valence-corrected chi connectivity index (χ0v) is 9.51. The van der Waals surface area contributed by atoms with Crippen LogP contribution in [0.5, 0.6) is 0 Å². The summed E-state index contributed by atoms with van der Waals surface area (Å²) in [5.41, 5.74) is 1.14. The molecular weight excluding hydrogens is 236 g/mol. The molecule has 1 amide bonds. The highest BCUT2D eigenvalue weighted by atomic mass is 16.4. The molecular formula is C12H10N2O4. The van der Waals surface area contributed by atoms with Crippen LogP contribution in [-0.2, 0) is 0 Å². The number of aryl methyl sites for hydroxylation is 1. The van der Waals surface area contributed by atoms with Crippen molar-refractivity contribution in [1.82, 2.24) is 4.98 Å². The second-order valence-corrected chi connectivity index (χ2v) is 3.60. The van der Waals surface area contributed by atoms with Crippen molar-refractivity contribution < 1.29 is 19.1 Å². The Morgan fingerprint density at radius 3 is 2.44 bits per heavy atom. The van der Waals surface area contributed by atoms with Crippen molar-refractivity contribution in [2.45, 2.75) is 6.92 Å². The van der Waals surface area contributed by atoms with E-state index in [2.05, 4.69) is 10.3 Å². The summed E-state index contributed by atoms with van der Waals surface area (Å²) >= 11 is 0. The first-order valence-corrected chi connectivity index (χ1v) is 5.12. The third kappa shape index (κ3) is 2.37. The number of hydrogen-bond donors (Lipinski definition) is 2. The molecule has 1 heterocycles. The van der Waals surface area contributed by atoms with Crippen LogP contribution in [0.2, 0.25) is 0 Å². The fourth-order valence-electron chi connectivity index (χ4n) is 1.40. The van der Waals surface area contributed by atoms with Gasteiger partial charge in [-0.3, -0.25) is 4.79 Å². The number of anilines is 1. The molecule has 2 rings (SSSR count). The van der Waals surface area contributed by atoms with E-state index < -0.39 is 11.9 Å². The normalized spacial score (nSPS) is 10.1. The lowest BCUT2D eigenvalue weighted by molar-refractivity contribution is 0.0696. The van der Waals surface area contributed by atoms with Crippen molar-refractivity contribution in [3.8, 4) is 0 Å². The molecule has 0 bridgehead atoms. The van der Waals surface area contributed by atoms with E-state index in [1.165, 1.54) is 30.7 Å². The van der Waals surface area contributed by atoms with Crippen LogP contribution < -0.4 is 5.32 Å². The Balaban J connectivity index is 2.13. The van der Waals surface area contributed by atoms with Crippen LogP contribution in [0.3, 0.4) is 0 Å². The Bertz CT molecular complexity index is 586. The summed E-state index contributed by atoms with van der Waals surface area (Å²) in [7, 11) is 0. The maximum Gasteiger partial charge on any atom is 0.335 e. The van der Waals surface area contributed by atoms with Crippen molar-refractivity contribution >= 4 is 17.6 Å². The average molecular weight is 246 g/mol. The molecule has 0 aliphatic heterocycles. The zero-order chi connectivity index (χ0) is 13.1. The van der Waals surface area contributed by atoms with Gasteiger partial charge in [-0.2, -0.15) is 0 Å². The first-order valence-electron chi connectivity index (χ1n) is 5.12. The number of aromatic nitrogens is 1. The predicted molar refractivity (Wildman–Crippen MR) is 62.6 cm³/mol. The third-order valence-electron chi connectivity index (χ3n) is 2.34. The summed E-state index contributed by atoms with van der Waals surface area (Å²) in [6.45, 7) is 1.66. The minimum atomic E-state index is -1.01. The quantitative estimate of drug-likeness (QED) is 0.863. The highest BCUT2D eigenvalue weighted by Gasteiger charge is 2.14. The van der Waals surface area contributed by atoms with Gasteiger partial charge in [0, 0.05) is 5.69 Å². The molecule has 0 aliphatic carbocycles. The van der Waals surface area contributed by atoms with E-state index >= 15 is 0 Å². The van der Waals surface area contributed by atoms with E-state index in [-0.39, 0.29) is 11.3 Å². The number of aromatic carboxylic acids is 1. The lowest BCUT2D eigenvalue weighted by Crippen LogP contribution is -2.12. The van der Waals surface area contributed by atoms with Crippen LogP contribution in [-0.4, -0.2) is 22.0 Å². The number of carbonyl (C=O) groups is 2. The molecule has 0 saturated carbocycles. The number of hydrogen-bond acceptors (Lipinski definition) is 4. The lowest BCUT2D eigenvalue weighted by atomic mass is 10.2. The predicted octanol–water partition coefficient (Wildman–Crippen LogP) is 1.93. The van der Waals surface area contributed by atoms with Gasteiger partial charge >= 0.3 is 5.97 Å². The Morgan fingerprint density at radius 1 is 1.28 bits per heavy atom. The maximum absolute atomic E-state index is 11.8. The smallest absolute Gasteiger partial charge is 0.335 e. The molecule has 0 atom stereocenters. The van der Waals surface area contributed by atoms with Gasteiger partial charge in [0.05, 0.1) is 11.3 Å². The first kappa shape index (κ1) is 11.8. The van der Waals surface area contributed by atoms with Gasteiger partial charge in [-0.15, -0.1) is 0 Å². The summed E-state index contributed by atoms with van der Waals surface area (Å²) in [6.07, 6.45) is 1.19. The van der Waals surface area contributed by atoms with Gasteiger partial charge in [0.15, 0.2) is 6.39 Å². The van der Waals surface area contributed by atoms with Gasteiger partial charge in [0.25, 0.3) is 5.91 Å². The molecule has 18 heavy (non-hydrogen) atoms. The van der Waals surface area contributed by atoms with Crippen molar-refractivity contribution in [2.24, 2.45) is 0 Å². The van der Waals surface area contributed by atoms with Gasteiger partial charge in [-0.05, 0) is 31.2 Å². The number of amides is 1. The fraction of sp³-hybridized carbons (Fsp3) is 0.0833. The molecule has 92 valence electrons. The van der Waals surface area contributed by atoms with Crippen LogP contribution in [0.1, 0.15) is 26.6 Å². The fourth-order valence-corrected chi connectivity index (χ4v) is 1.40. The number of oxazole rings is 1. The Morgan fingerprint density at radius 2 is 1.94 bits per heavy atom. The minimum Gasteiger partial charge on any atom is -0.478 e. The van der Waals surface area contributed by atoms with E-state index in [1.54, 1.807) is 6.92 Å². The van der Waals surface area contributed by atoms with E-state index in [4.69, 9.17) is 9.52 Å². The van der Waals surface area contributed by atoms with Crippen LogP contribution in [0.25, 0.3) is 0 Å². The molecule has 6 heteroatoms. The third-order valence-corrected chi connectivity index (χ3v) is 2.34. The number of benzene rings is 1. The van der Waals surface area contributed by atoms with Gasteiger partial charge in [0.2, 0.25) is 5.76 Å². The van der Waals surface area contributed by atoms with Crippen LogP contribution in [0.15, 0.2) is 35.1 Å². The number of carbonyl (C=O) groups excluding carboxylic acids is 1. The Labute approximate surface area is 102 Å². The SMILES string of the molecule is Cc1ncoc1C(=O)Nc1ccc(C(=O)O)cc1. The summed E-state index contributed by atoms with van der Waals surface area (Å²) in [5, 5.41) is 11.3. The average Bonchev–Trinajstić information content (AvgIpc) is 2.76. The molecule has 6 nitrogen and oxygen atoms in total. The zero-order valence-electron chi connectivity index (χ0n) is 9.51.